The summed E-state index contributed by atoms with van der Waals surface area (Å²) in [5, 5.41) is 42.0. The van der Waals surface area contributed by atoms with Gasteiger partial charge in [0.25, 0.3) is 0 Å². The molecule has 4 rings (SSSR count). The topological polar surface area (TPSA) is 98.0 Å². The Hall–Kier alpha value is -0.650. The van der Waals surface area contributed by atoms with E-state index < -0.39 is 18.2 Å². The quantitative estimate of drug-likeness (QED) is 0.571. The van der Waals surface area contributed by atoms with Crippen LogP contribution in [-0.2, 0) is 4.79 Å². The van der Waals surface area contributed by atoms with Gasteiger partial charge in [-0.2, -0.15) is 0 Å². The number of carbonyl (C=O) groups is 1. The molecule has 0 saturated heterocycles. The largest absolute Gasteiger partial charge is 0.481 e. The van der Waals surface area contributed by atoms with E-state index in [9.17, 15) is 20.1 Å². The van der Waals surface area contributed by atoms with E-state index in [2.05, 4.69) is 20.8 Å². The predicted molar refractivity (Wildman–Crippen MR) is 110 cm³/mol. The van der Waals surface area contributed by atoms with E-state index >= 15 is 0 Å². The van der Waals surface area contributed by atoms with Gasteiger partial charge in [-0.05, 0) is 97.7 Å². The molecule has 0 aromatic rings. The maximum Gasteiger partial charge on any atom is 0.303 e. The summed E-state index contributed by atoms with van der Waals surface area (Å²) in [6, 6.07) is 0. The van der Waals surface area contributed by atoms with Crippen molar-refractivity contribution in [3.05, 3.63) is 0 Å². The highest BCUT2D eigenvalue weighted by Gasteiger charge is 2.65. The highest BCUT2D eigenvalue weighted by atomic mass is 16.4. The molecule has 0 radical (unpaired) electrons. The molecule has 5 heteroatoms. The maximum atomic E-state index is 11.5. The van der Waals surface area contributed by atoms with Crippen molar-refractivity contribution in [2.75, 3.05) is 0 Å². The number of carboxylic acids is 1. The van der Waals surface area contributed by atoms with Crippen molar-refractivity contribution in [1.29, 1.82) is 0 Å². The van der Waals surface area contributed by atoms with Crippen LogP contribution in [0.15, 0.2) is 0 Å². The summed E-state index contributed by atoms with van der Waals surface area (Å²) in [5.74, 6) is 0.904. The van der Waals surface area contributed by atoms with Crippen LogP contribution >= 0.6 is 0 Å². The zero-order chi connectivity index (χ0) is 21.1. The van der Waals surface area contributed by atoms with Gasteiger partial charge < -0.3 is 20.4 Å². The first-order chi connectivity index (χ1) is 13.6. The van der Waals surface area contributed by atoms with Crippen LogP contribution in [0.1, 0.15) is 78.6 Å². The van der Waals surface area contributed by atoms with E-state index in [-0.39, 0.29) is 41.1 Å². The van der Waals surface area contributed by atoms with Gasteiger partial charge in [-0.15, -0.1) is 0 Å². The smallest absolute Gasteiger partial charge is 0.303 e. The van der Waals surface area contributed by atoms with E-state index in [0.717, 1.165) is 44.9 Å². The zero-order valence-electron chi connectivity index (χ0n) is 18.3. The van der Waals surface area contributed by atoms with Gasteiger partial charge >= 0.3 is 5.97 Å². The summed E-state index contributed by atoms with van der Waals surface area (Å²) < 4.78 is 0. The first-order valence-electron chi connectivity index (χ1n) is 11.8. The van der Waals surface area contributed by atoms with Crippen molar-refractivity contribution < 1.29 is 25.2 Å². The van der Waals surface area contributed by atoms with Crippen molar-refractivity contribution >= 4 is 5.97 Å². The van der Waals surface area contributed by atoms with Crippen molar-refractivity contribution in [1.82, 2.24) is 0 Å². The molecule has 4 N–H and O–H groups in total. The average Bonchev–Trinajstić information content (AvgIpc) is 2.97. The first kappa shape index (κ1) is 21.6. The van der Waals surface area contributed by atoms with E-state index in [1.54, 1.807) is 0 Å². The molecule has 29 heavy (non-hydrogen) atoms. The van der Waals surface area contributed by atoms with Crippen molar-refractivity contribution in [3.63, 3.8) is 0 Å². The summed E-state index contributed by atoms with van der Waals surface area (Å²) in [4.78, 5) is 11.1. The van der Waals surface area contributed by atoms with E-state index in [4.69, 9.17) is 5.11 Å². The van der Waals surface area contributed by atoms with Crippen LogP contribution in [0.4, 0.5) is 0 Å². The minimum Gasteiger partial charge on any atom is -0.481 e. The number of carboxylic acid groups (broad SMARTS) is 1. The zero-order valence-corrected chi connectivity index (χ0v) is 18.3. The third-order valence-corrected chi connectivity index (χ3v) is 10.2. The molecule has 11 atom stereocenters. The molecule has 4 aliphatic carbocycles. The van der Waals surface area contributed by atoms with Crippen molar-refractivity contribution in [2.24, 2.45) is 46.3 Å². The monoisotopic (exact) mass is 408 g/mol. The number of rotatable bonds is 4. The van der Waals surface area contributed by atoms with Crippen LogP contribution < -0.4 is 0 Å². The van der Waals surface area contributed by atoms with Gasteiger partial charge in [0, 0.05) is 6.42 Å². The van der Waals surface area contributed by atoms with Gasteiger partial charge in [0.15, 0.2) is 0 Å². The number of fused-ring (bicyclic) bond motifs is 5. The van der Waals surface area contributed by atoms with E-state index in [1.165, 1.54) is 0 Å². The Labute approximate surface area is 174 Å². The van der Waals surface area contributed by atoms with Crippen LogP contribution in [0, 0.1) is 46.3 Å². The lowest BCUT2D eigenvalue weighted by atomic mass is 9.43. The summed E-state index contributed by atoms with van der Waals surface area (Å²) in [5.41, 5.74) is -0.0340. The van der Waals surface area contributed by atoms with Gasteiger partial charge in [-0.25, -0.2) is 0 Å². The van der Waals surface area contributed by atoms with Crippen molar-refractivity contribution in [3.8, 4) is 0 Å². The SMILES string of the molecule is C[C@H](CCC(=O)O)[C@H]1CC[C@H]2[C@H]3[C@H]([C@H](O)C[C@]12C)[C@@]1(C)CC[C@@H](O)C[C@H]1C[C@H]3O. The normalized spacial score (nSPS) is 52.9. The second-order valence-electron chi connectivity index (χ2n) is 11.5. The Morgan fingerprint density at radius 2 is 1.76 bits per heavy atom. The van der Waals surface area contributed by atoms with Crippen LogP contribution in [-0.4, -0.2) is 44.7 Å². The number of aliphatic hydroxyl groups excluding tert-OH is 3. The third-order valence-electron chi connectivity index (χ3n) is 10.2. The van der Waals surface area contributed by atoms with Crippen molar-refractivity contribution in [2.45, 2.75) is 96.9 Å². The maximum absolute atomic E-state index is 11.5. The Morgan fingerprint density at radius 1 is 1.03 bits per heavy atom. The summed E-state index contributed by atoms with van der Waals surface area (Å²) in [6.07, 6.45) is 5.93. The summed E-state index contributed by atoms with van der Waals surface area (Å²) >= 11 is 0. The van der Waals surface area contributed by atoms with Crippen LogP contribution in [0.5, 0.6) is 0 Å². The third kappa shape index (κ3) is 3.36. The fraction of sp³-hybridized carbons (Fsp3) is 0.958. The number of aliphatic hydroxyl groups is 3. The Kier molecular flexibility index (Phi) is 5.57. The molecule has 0 aromatic carbocycles. The number of hydrogen-bond donors (Lipinski definition) is 4. The molecule has 0 heterocycles. The lowest BCUT2D eigenvalue weighted by Crippen LogP contribution is -2.63. The number of hydrogen-bond acceptors (Lipinski definition) is 4. The van der Waals surface area contributed by atoms with E-state index in [1.807, 2.05) is 0 Å². The lowest BCUT2D eigenvalue weighted by Gasteiger charge is -2.63. The molecule has 5 nitrogen and oxygen atoms in total. The molecule has 4 saturated carbocycles. The summed E-state index contributed by atoms with van der Waals surface area (Å²) in [6.45, 7) is 6.79. The molecule has 0 aliphatic heterocycles. The van der Waals surface area contributed by atoms with E-state index in [0.29, 0.717) is 24.2 Å². The molecular formula is C24H40O5. The Balaban J connectivity index is 1.61. The first-order valence-corrected chi connectivity index (χ1v) is 11.8. The molecule has 0 aromatic heterocycles. The highest BCUT2D eigenvalue weighted by Crippen LogP contribution is 2.68. The Bertz CT molecular complexity index is 637. The molecule has 0 bridgehead atoms. The molecule has 0 unspecified atom stereocenters. The fourth-order valence-corrected chi connectivity index (χ4v) is 8.84. The predicted octanol–water partition coefficient (Wildman–Crippen LogP) is 3.45. The minimum atomic E-state index is -0.735. The molecule has 0 amide bonds. The standard InChI is InChI=1S/C24H40O5/c1-13(4-7-20(28)29)16-5-6-17-21-18(26)11-14-10-15(25)8-9-23(14,2)22(21)19(27)12-24(16,17)3/h13-19,21-22,25-27H,4-12H2,1-3H3,(H,28,29)/t13-,14+,15-,16-,17+,18-,19-,21-,22+,23+,24-/m1/s1. The van der Waals surface area contributed by atoms with Gasteiger partial charge in [0.05, 0.1) is 18.3 Å². The van der Waals surface area contributed by atoms with Gasteiger partial charge in [0.2, 0.25) is 0 Å². The molecular weight excluding hydrogens is 368 g/mol. The minimum absolute atomic E-state index is 0.00309. The summed E-state index contributed by atoms with van der Waals surface area (Å²) in [7, 11) is 0. The van der Waals surface area contributed by atoms with Gasteiger partial charge in [-0.3, -0.25) is 4.79 Å². The van der Waals surface area contributed by atoms with Crippen LogP contribution in [0.3, 0.4) is 0 Å². The second kappa shape index (κ2) is 7.49. The van der Waals surface area contributed by atoms with Gasteiger partial charge in [0.1, 0.15) is 0 Å². The highest BCUT2D eigenvalue weighted by molar-refractivity contribution is 5.66. The molecule has 0 spiro atoms. The van der Waals surface area contributed by atoms with Crippen LogP contribution in [0.25, 0.3) is 0 Å². The molecule has 166 valence electrons. The molecule has 4 aliphatic rings. The lowest BCUT2D eigenvalue weighted by molar-refractivity contribution is -0.213. The molecule has 4 fully saturated rings. The Morgan fingerprint density at radius 3 is 2.45 bits per heavy atom. The van der Waals surface area contributed by atoms with Gasteiger partial charge in [-0.1, -0.05) is 20.8 Å². The average molecular weight is 409 g/mol. The number of aliphatic carboxylic acids is 1. The second-order valence-corrected chi connectivity index (χ2v) is 11.5. The fourth-order valence-electron chi connectivity index (χ4n) is 8.84. The van der Waals surface area contributed by atoms with Crippen LogP contribution in [0.2, 0.25) is 0 Å².